The largest absolute Gasteiger partial charge is 0.496 e. The molecule has 1 aromatic carbocycles. The Hall–Kier alpha value is -1.59. The zero-order chi connectivity index (χ0) is 18.4. The van der Waals surface area contributed by atoms with Crippen molar-refractivity contribution in [3.8, 4) is 5.75 Å². The van der Waals surface area contributed by atoms with Crippen molar-refractivity contribution in [3.05, 3.63) is 29.8 Å². The zero-order valence-electron chi connectivity index (χ0n) is 16.0. The smallest absolute Gasteiger partial charge is 0.240 e. The van der Waals surface area contributed by atoms with Gasteiger partial charge in [-0.15, -0.1) is 0 Å². The van der Waals surface area contributed by atoms with E-state index in [0.717, 1.165) is 50.1 Å². The molecule has 2 fully saturated rings. The summed E-state index contributed by atoms with van der Waals surface area (Å²) >= 11 is 0. The SMILES string of the molecule is COc1ccccc1C(CNC(=O)C1(N)CCCCC1)N1CCCCC1. The number of piperidine rings is 1. The van der Waals surface area contributed by atoms with Crippen LogP contribution in [0.25, 0.3) is 0 Å². The number of para-hydroxylation sites is 1. The minimum Gasteiger partial charge on any atom is -0.496 e. The third kappa shape index (κ3) is 4.38. The molecule has 1 aliphatic carbocycles. The molecule has 1 aromatic rings. The lowest BCUT2D eigenvalue weighted by atomic mass is 9.82. The highest BCUT2D eigenvalue weighted by Gasteiger charge is 2.36. The first-order valence-electron chi connectivity index (χ1n) is 10.1. The van der Waals surface area contributed by atoms with E-state index in [1.54, 1.807) is 7.11 Å². The summed E-state index contributed by atoms with van der Waals surface area (Å²) in [7, 11) is 1.71. The standard InChI is InChI=1S/C21H33N3O2/c1-26-19-11-5-4-10-17(19)18(24-14-8-3-9-15-24)16-23-20(25)21(22)12-6-2-7-13-21/h4-5,10-11,18H,2-3,6-9,12-16,22H2,1H3,(H,23,25). The Labute approximate surface area is 157 Å². The summed E-state index contributed by atoms with van der Waals surface area (Å²) in [5.41, 5.74) is 6.87. The van der Waals surface area contributed by atoms with Crippen LogP contribution in [0.3, 0.4) is 0 Å². The molecule has 2 aliphatic rings. The number of carbonyl (C=O) groups is 1. The number of nitrogens with zero attached hydrogens (tertiary/aromatic N) is 1. The predicted molar refractivity (Wildman–Crippen MR) is 104 cm³/mol. The number of amides is 1. The summed E-state index contributed by atoms with van der Waals surface area (Å²) in [6, 6.07) is 8.28. The lowest BCUT2D eigenvalue weighted by Crippen LogP contribution is -2.56. The van der Waals surface area contributed by atoms with Crippen molar-refractivity contribution in [3.63, 3.8) is 0 Å². The van der Waals surface area contributed by atoms with Gasteiger partial charge in [0, 0.05) is 12.1 Å². The second-order valence-corrected chi connectivity index (χ2v) is 7.78. The first-order chi connectivity index (χ1) is 12.6. The number of benzene rings is 1. The molecule has 1 saturated carbocycles. The van der Waals surface area contributed by atoms with Crippen LogP contribution >= 0.6 is 0 Å². The first kappa shape index (κ1) is 19.2. The lowest BCUT2D eigenvalue weighted by Gasteiger charge is -2.37. The monoisotopic (exact) mass is 359 g/mol. The minimum absolute atomic E-state index is 0.00843. The summed E-state index contributed by atoms with van der Waals surface area (Å²) in [5, 5.41) is 3.18. The maximum atomic E-state index is 12.8. The van der Waals surface area contributed by atoms with Crippen molar-refractivity contribution in [1.29, 1.82) is 0 Å². The van der Waals surface area contributed by atoms with Crippen LogP contribution in [0.5, 0.6) is 5.75 Å². The van der Waals surface area contributed by atoms with Gasteiger partial charge in [0.2, 0.25) is 5.91 Å². The van der Waals surface area contributed by atoms with Gasteiger partial charge in [-0.1, -0.05) is 43.9 Å². The third-order valence-electron chi connectivity index (χ3n) is 5.98. The van der Waals surface area contributed by atoms with Crippen molar-refractivity contribution >= 4 is 5.91 Å². The molecule has 1 amide bonds. The van der Waals surface area contributed by atoms with E-state index < -0.39 is 5.54 Å². The van der Waals surface area contributed by atoms with Crippen LogP contribution in [-0.2, 0) is 4.79 Å². The Morgan fingerprint density at radius 2 is 1.81 bits per heavy atom. The molecule has 3 rings (SSSR count). The van der Waals surface area contributed by atoms with Gasteiger partial charge < -0.3 is 15.8 Å². The van der Waals surface area contributed by atoms with Crippen LogP contribution in [0.15, 0.2) is 24.3 Å². The van der Waals surface area contributed by atoms with Gasteiger partial charge in [0.1, 0.15) is 5.75 Å². The summed E-state index contributed by atoms with van der Waals surface area (Å²) < 4.78 is 5.60. The molecule has 0 bridgehead atoms. The average molecular weight is 360 g/mol. The number of methoxy groups -OCH3 is 1. The van der Waals surface area contributed by atoms with E-state index in [-0.39, 0.29) is 11.9 Å². The minimum atomic E-state index is -0.689. The molecule has 0 radical (unpaired) electrons. The molecule has 0 spiro atoms. The number of carbonyl (C=O) groups excluding carboxylic acids is 1. The second-order valence-electron chi connectivity index (χ2n) is 7.78. The molecule has 144 valence electrons. The maximum Gasteiger partial charge on any atom is 0.240 e. The molecule has 1 saturated heterocycles. The topological polar surface area (TPSA) is 67.6 Å². The zero-order valence-corrected chi connectivity index (χ0v) is 16.0. The van der Waals surface area contributed by atoms with E-state index in [1.165, 1.54) is 25.7 Å². The van der Waals surface area contributed by atoms with E-state index in [1.807, 2.05) is 18.2 Å². The normalized spacial score (nSPS) is 21.8. The fourth-order valence-corrected chi connectivity index (χ4v) is 4.38. The molecule has 1 unspecified atom stereocenters. The van der Waals surface area contributed by atoms with Gasteiger partial charge in [-0.2, -0.15) is 0 Å². The molecule has 0 aromatic heterocycles. The average Bonchev–Trinajstić information content (AvgIpc) is 2.69. The van der Waals surface area contributed by atoms with Crippen molar-refractivity contribution in [2.75, 3.05) is 26.7 Å². The van der Waals surface area contributed by atoms with Crippen molar-refractivity contribution in [2.24, 2.45) is 5.73 Å². The molecule has 5 heteroatoms. The Morgan fingerprint density at radius 1 is 1.15 bits per heavy atom. The highest BCUT2D eigenvalue weighted by molar-refractivity contribution is 5.86. The number of hydrogen-bond donors (Lipinski definition) is 2. The van der Waals surface area contributed by atoms with Gasteiger partial charge in [-0.3, -0.25) is 9.69 Å². The molecular weight excluding hydrogens is 326 g/mol. The molecule has 26 heavy (non-hydrogen) atoms. The highest BCUT2D eigenvalue weighted by atomic mass is 16.5. The van der Waals surface area contributed by atoms with E-state index in [9.17, 15) is 4.79 Å². The lowest BCUT2D eigenvalue weighted by molar-refractivity contribution is -0.127. The van der Waals surface area contributed by atoms with Crippen molar-refractivity contribution in [2.45, 2.75) is 62.9 Å². The number of likely N-dealkylation sites (tertiary alicyclic amines) is 1. The fraction of sp³-hybridized carbons (Fsp3) is 0.667. The van der Waals surface area contributed by atoms with Gasteiger partial charge in [0.25, 0.3) is 0 Å². The van der Waals surface area contributed by atoms with Crippen molar-refractivity contribution in [1.82, 2.24) is 10.2 Å². The number of ether oxygens (including phenoxy) is 1. The second kappa shape index (κ2) is 8.87. The van der Waals surface area contributed by atoms with E-state index in [2.05, 4.69) is 16.3 Å². The Kier molecular flexibility index (Phi) is 6.54. The van der Waals surface area contributed by atoms with Crippen LogP contribution in [0.1, 0.15) is 63.0 Å². The van der Waals surface area contributed by atoms with Gasteiger partial charge >= 0.3 is 0 Å². The summed E-state index contributed by atoms with van der Waals surface area (Å²) in [6.07, 6.45) is 8.57. The Bertz CT molecular complexity index is 593. The molecule has 1 heterocycles. The Balaban J connectivity index is 1.74. The van der Waals surface area contributed by atoms with Crippen LogP contribution in [0.4, 0.5) is 0 Å². The van der Waals surface area contributed by atoms with Gasteiger partial charge in [0.05, 0.1) is 18.7 Å². The number of hydrogen-bond acceptors (Lipinski definition) is 4. The molecule has 5 nitrogen and oxygen atoms in total. The van der Waals surface area contributed by atoms with E-state index >= 15 is 0 Å². The van der Waals surface area contributed by atoms with Crippen LogP contribution in [0.2, 0.25) is 0 Å². The van der Waals surface area contributed by atoms with E-state index in [0.29, 0.717) is 6.54 Å². The number of rotatable bonds is 6. The number of nitrogens with two attached hydrogens (primary N) is 1. The van der Waals surface area contributed by atoms with Gasteiger partial charge in [0.15, 0.2) is 0 Å². The van der Waals surface area contributed by atoms with Gasteiger partial charge in [-0.05, 0) is 44.8 Å². The quantitative estimate of drug-likeness (QED) is 0.819. The Morgan fingerprint density at radius 3 is 2.50 bits per heavy atom. The predicted octanol–water partition coefficient (Wildman–Crippen LogP) is 3.00. The van der Waals surface area contributed by atoms with Crippen molar-refractivity contribution < 1.29 is 9.53 Å². The van der Waals surface area contributed by atoms with Crippen LogP contribution in [0, 0.1) is 0 Å². The summed E-state index contributed by atoms with van der Waals surface area (Å²) in [4.78, 5) is 15.3. The van der Waals surface area contributed by atoms with Crippen LogP contribution < -0.4 is 15.8 Å². The molecule has 3 N–H and O–H groups in total. The molecular formula is C21H33N3O2. The highest BCUT2D eigenvalue weighted by Crippen LogP contribution is 2.31. The summed E-state index contributed by atoms with van der Waals surface area (Å²) in [6.45, 7) is 2.71. The summed E-state index contributed by atoms with van der Waals surface area (Å²) in [5.74, 6) is 0.895. The first-order valence-corrected chi connectivity index (χ1v) is 10.1. The molecule has 1 aliphatic heterocycles. The van der Waals surface area contributed by atoms with Crippen LogP contribution in [-0.4, -0.2) is 43.1 Å². The number of nitrogens with one attached hydrogen (secondary N) is 1. The maximum absolute atomic E-state index is 12.8. The third-order valence-corrected chi connectivity index (χ3v) is 5.98. The van der Waals surface area contributed by atoms with E-state index in [4.69, 9.17) is 10.5 Å². The van der Waals surface area contributed by atoms with Gasteiger partial charge in [-0.25, -0.2) is 0 Å². The molecule has 1 atom stereocenters. The fourth-order valence-electron chi connectivity index (χ4n) is 4.38.